The van der Waals surface area contributed by atoms with Gasteiger partial charge in [-0.25, -0.2) is 4.68 Å². The van der Waals surface area contributed by atoms with E-state index in [-0.39, 0.29) is 22.4 Å². The molecule has 2 aromatic rings. The van der Waals surface area contributed by atoms with E-state index in [0.29, 0.717) is 5.56 Å². The monoisotopic (exact) mass is 338 g/mol. The number of benzene rings is 1. The molecule has 116 valence electrons. The van der Waals surface area contributed by atoms with Crippen molar-refractivity contribution >= 4 is 29.0 Å². The van der Waals surface area contributed by atoms with Gasteiger partial charge in [-0.15, -0.1) is 0 Å². The number of aryl methyl sites for hydroxylation is 2. The van der Waals surface area contributed by atoms with Gasteiger partial charge < -0.3 is 0 Å². The van der Waals surface area contributed by atoms with Crippen LogP contribution in [-0.4, -0.2) is 15.6 Å². The number of ketones is 1. The summed E-state index contributed by atoms with van der Waals surface area (Å²) in [6.07, 6.45) is 1.26. The van der Waals surface area contributed by atoms with Crippen molar-refractivity contribution in [2.75, 3.05) is 0 Å². The van der Waals surface area contributed by atoms with Crippen molar-refractivity contribution in [1.29, 1.82) is 0 Å². The summed E-state index contributed by atoms with van der Waals surface area (Å²) in [6, 6.07) is 1.97. The highest BCUT2D eigenvalue weighted by Gasteiger charge is 2.18. The molecule has 0 aliphatic rings. The number of carbonyl (C=O) groups is 1. The molecule has 0 saturated carbocycles. The molecule has 2 rings (SSSR count). The zero-order valence-corrected chi connectivity index (χ0v) is 14.3. The van der Waals surface area contributed by atoms with Gasteiger partial charge >= 0.3 is 0 Å². The molecular weight excluding hydrogens is 323 g/mol. The van der Waals surface area contributed by atoms with E-state index in [0.717, 1.165) is 26.9 Å². The Kier molecular flexibility index (Phi) is 4.73. The van der Waals surface area contributed by atoms with E-state index in [4.69, 9.17) is 23.2 Å². The molecular formula is C16H16Cl2N2O2. The Morgan fingerprint density at radius 3 is 2.41 bits per heavy atom. The maximum atomic E-state index is 12.6. The number of aromatic nitrogens is 2. The van der Waals surface area contributed by atoms with Crippen LogP contribution in [-0.2, 0) is 6.54 Å². The Morgan fingerprint density at radius 2 is 1.77 bits per heavy atom. The third-order valence-corrected chi connectivity index (χ3v) is 4.62. The van der Waals surface area contributed by atoms with Crippen molar-refractivity contribution < 1.29 is 4.79 Å². The fourth-order valence-corrected chi connectivity index (χ4v) is 2.76. The van der Waals surface area contributed by atoms with Crippen LogP contribution in [0.4, 0.5) is 0 Å². The van der Waals surface area contributed by atoms with Gasteiger partial charge in [-0.3, -0.25) is 9.59 Å². The molecule has 0 radical (unpaired) electrons. The van der Waals surface area contributed by atoms with Gasteiger partial charge in [-0.1, -0.05) is 29.3 Å². The Morgan fingerprint density at radius 1 is 1.14 bits per heavy atom. The first-order valence-corrected chi connectivity index (χ1v) is 7.51. The summed E-state index contributed by atoms with van der Waals surface area (Å²) in [5, 5.41) is 3.82. The van der Waals surface area contributed by atoms with Gasteiger partial charge in [0.25, 0.3) is 5.56 Å². The van der Waals surface area contributed by atoms with Gasteiger partial charge in [0.05, 0.1) is 11.2 Å². The fourth-order valence-electron chi connectivity index (χ4n) is 2.49. The van der Waals surface area contributed by atoms with Gasteiger partial charge in [0.2, 0.25) is 0 Å². The second-order valence-electron chi connectivity index (χ2n) is 5.33. The highest BCUT2D eigenvalue weighted by Crippen LogP contribution is 2.22. The van der Waals surface area contributed by atoms with E-state index >= 15 is 0 Å². The summed E-state index contributed by atoms with van der Waals surface area (Å²) in [4.78, 5) is 24.6. The van der Waals surface area contributed by atoms with Crippen molar-refractivity contribution in [2.24, 2.45) is 0 Å². The topological polar surface area (TPSA) is 52.0 Å². The standard InChI is InChI=1S/C16H16Cl2N2O2/c1-8-5-9(2)14(11(4)10(8)3)13(21)7-20-16(22)15(18)12(17)6-19-20/h5-6H,7H2,1-4H3. The van der Waals surface area contributed by atoms with Crippen LogP contribution in [0.3, 0.4) is 0 Å². The quantitative estimate of drug-likeness (QED) is 0.802. The average molecular weight is 339 g/mol. The van der Waals surface area contributed by atoms with Crippen molar-refractivity contribution in [2.45, 2.75) is 34.2 Å². The van der Waals surface area contributed by atoms with Crippen molar-refractivity contribution in [3.05, 3.63) is 60.5 Å². The van der Waals surface area contributed by atoms with Crippen LogP contribution in [0.2, 0.25) is 10.0 Å². The van der Waals surface area contributed by atoms with Crippen LogP contribution in [0.1, 0.15) is 32.6 Å². The minimum absolute atomic E-state index is 0.0777. The van der Waals surface area contributed by atoms with Gasteiger partial charge in [0, 0.05) is 5.56 Å². The molecule has 1 heterocycles. The van der Waals surface area contributed by atoms with Crippen LogP contribution >= 0.6 is 23.2 Å². The van der Waals surface area contributed by atoms with Crippen LogP contribution in [0, 0.1) is 27.7 Å². The molecule has 0 bridgehead atoms. The highest BCUT2D eigenvalue weighted by molar-refractivity contribution is 6.41. The molecule has 0 N–H and O–H groups in total. The fraction of sp³-hybridized carbons (Fsp3) is 0.312. The summed E-state index contributed by atoms with van der Waals surface area (Å²) >= 11 is 11.5. The second kappa shape index (κ2) is 6.23. The number of hydrogen-bond acceptors (Lipinski definition) is 3. The molecule has 0 atom stereocenters. The Balaban J connectivity index is 2.45. The average Bonchev–Trinajstić information content (AvgIpc) is 2.45. The maximum absolute atomic E-state index is 12.6. The lowest BCUT2D eigenvalue weighted by Crippen LogP contribution is -2.27. The van der Waals surface area contributed by atoms with Crippen molar-refractivity contribution in [3.8, 4) is 0 Å². The minimum atomic E-state index is -0.568. The molecule has 4 nitrogen and oxygen atoms in total. The van der Waals surface area contributed by atoms with Gasteiger partial charge in [-0.05, 0) is 49.9 Å². The molecule has 1 aromatic heterocycles. The van der Waals surface area contributed by atoms with Gasteiger partial charge in [0.15, 0.2) is 5.78 Å². The summed E-state index contributed by atoms with van der Waals surface area (Å²) in [7, 11) is 0. The molecule has 0 spiro atoms. The highest BCUT2D eigenvalue weighted by atomic mass is 35.5. The number of halogens is 2. The van der Waals surface area contributed by atoms with Crippen LogP contribution in [0.25, 0.3) is 0 Å². The van der Waals surface area contributed by atoms with E-state index in [1.54, 1.807) is 0 Å². The summed E-state index contributed by atoms with van der Waals surface area (Å²) in [6.45, 7) is 7.62. The smallest absolute Gasteiger partial charge is 0.287 e. The van der Waals surface area contributed by atoms with Gasteiger partial charge in [0.1, 0.15) is 11.6 Å². The molecule has 0 saturated heterocycles. The normalized spacial score (nSPS) is 10.8. The lowest BCUT2D eigenvalue weighted by molar-refractivity contribution is 0.0964. The Bertz CT molecular complexity index is 826. The summed E-state index contributed by atoms with van der Waals surface area (Å²) in [5.41, 5.74) is 4.08. The summed E-state index contributed by atoms with van der Waals surface area (Å²) < 4.78 is 1.03. The number of nitrogens with zero attached hydrogens (tertiary/aromatic N) is 2. The van der Waals surface area contributed by atoms with Gasteiger partial charge in [-0.2, -0.15) is 5.10 Å². The Labute approximate surface area is 138 Å². The van der Waals surface area contributed by atoms with E-state index in [1.807, 2.05) is 33.8 Å². The maximum Gasteiger partial charge on any atom is 0.287 e. The molecule has 0 aliphatic carbocycles. The zero-order chi connectivity index (χ0) is 16.6. The number of rotatable bonds is 3. The number of hydrogen-bond donors (Lipinski definition) is 0. The molecule has 0 amide bonds. The molecule has 0 unspecified atom stereocenters. The van der Waals surface area contributed by atoms with Crippen LogP contribution in [0.5, 0.6) is 0 Å². The SMILES string of the molecule is Cc1cc(C)c(C(=O)Cn2ncc(Cl)c(Cl)c2=O)c(C)c1C. The Hall–Kier alpha value is -1.65. The predicted molar refractivity (Wildman–Crippen MR) is 88.2 cm³/mol. The first-order chi connectivity index (χ1) is 10.2. The second-order valence-corrected chi connectivity index (χ2v) is 6.11. The van der Waals surface area contributed by atoms with Crippen LogP contribution in [0.15, 0.2) is 17.1 Å². The molecule has 0 aliphatic heterocycles. The lowest BCUT2D eigenvalue weighted by Gasteiger charge is -2.14. The largest absolute Gasteiger partial charge is 0.292 e. The zero-order valence-electron chi connectivity index (χ0n) is 12.8. The van der Waals surface area contributed by atoms with E-state index < -0.39 is 5.56 Å². The first kappa shape index (κ1) is 16.7. The van der Waals surface area contributed by atoms with Crippen molar-refractivity contribution in [1.82, 2.24) is 9.78 Å². The molecule has 1 aromatic carbocycles. The third-order valence-electron chi connectivity index (χ3n) is 3.87. The number of Topliss-reactive ketones (excluding diaryl/α,β-unsaturated/α-hetero) is 1. The molecule has 22 heavy (non-hydrogen) atoms. The van der Waals surface area contributed by atoms with E-state index in [2.05, 4.69) is 5.10 Å². The molecule has 0 fully saturated rings. The number of carbonyl (C=O) groups excluding carboxylic acids is 1. The third kappa shape index (κ3) is 2.94. The minimum Gasteiger partial charge on any atom is -0.292 e. The van der Waals surface area contributed by atoms with Crippen molar-refractivity contribution in [3.63, 3.8) is 0 Å². The lowest BCUT2D eigenvalue weighted by atomic mass is 9.92. The first-order valence-electron chi connectivity index (χ1n) is 6.75. The summed E-state index contributed by atoms with van der Waals surface area (Å²) in [5.74, 6) is -0.175. The van der Waals surface area contributed by atoms with E-state index in [9.17, 15) is 9.59 Å². The van der Waals surface area contributed by atoms with E-state index in [1.165, 1.54) is 6.20 Å². The predicted octanol–water partition coefficient (Wildman–Crippen LogP) is 3.67. The van der Waals surface area contributed by atoms with Crippen LogP contribution < -0.4 is 5.56 Å². The molecule has 6 heteroatoms.